The first-order chi connectivity index (χ1) is 12.0. The maximum atomic E-state index is 10.9. The van der Waals surface area contributed by atoms with Crippen LogP contribution in [0.15, 0.2) is 42.5 Å². The molecule has 0 saturated carbocycles. The molecule has 0 fully saturated rings. The smallest absolute Gasteiger partial charge is 0.328 e. The van der Waals surface area contributed by atoms with Gasteiger partial charge >= 0.3 is 5.97 Å². The van der Waals surface area contributed by atoms with Crippen molar-refractivity contribution in [3.05, 3.63) is 53.6 Å². The molecule has 1 N–H and O–H groups in total. The topological polar surface area (TPSA) is 49.8 Å². The molecule has 130 valence electrons. The Morgan fingerprint density at radius 1 is 1.24 bits per heavy atom. The monoisotopic (exact) mass is 337 g/mol. The van der Waals surface area contributed by atoms with Crippen LogP contribution in [-0.4, -0.2) is 31.8 Å². The minimum absolute atomic E-state index is 0.717. The Morgan fingerprint density at radius 2 is 2.04 bits per heavy atom. The van der Waals surface area contributed by atoms with Gasteiger partial charge in [0.1, 0.15) is 5.75 Å². The fourth-order valence-corrected chi connectivity index (χ4v) is 3.40. The molecule has 2 aromatic rings. The highest BCUT2D eigenvalue weighted by Crippen LogP contribution is 2.36. The summed E-state index contributed by atoms with van der Waals surface area (Å²) in [6.07, 6.45) is 3.46. The van der Waals surface area contributed by atoms with Crippen molar-refractivity contribution in [2.24, 2.45) is 0 Å². The zero-order valence-electron chi connectivity index (χ0n) is 14.9. The largest absolute Gasteiger partial charge is 0.496 e. The van der Waals surface area contributed by atoms with Crippen LogP contribution < -0.4 is 9.64 Å². The predicted octanol–water partition coefficient (Wildman–Crippen LogP) is 4.23. The molecule has 1 heterocycles. The Balaban J connectivity index is 2.08. The van der Waals surface area contributed by atoms with E-state index >= 15 is 0 Å². The molecule has 0 aliphatic carbocycles. The number of carboxylic acids is 1. The van der Waals surface area contributed by atoms with Crippen LogP contribution in [0.4, 0.5) is 5.69 Å². The van der Waals surface area contributed by atoms with Gasteiger partial charge in [0.05, 0.1) is 7.11 Å². The van der Waals surface area contributed by atoms with Crippen molar-refractivity contribution >= 4 is 17.2 Å². The van der Waals surface area contributed by atoms with Gasteiger partial charge in [0.2, 0.25) is 0 Å². The van der Waals surface area contributed by atoms with Crippen LogP contribution >= 0.6 is 0 Å². The number of rotatable bonds is 4. The van der Waals surface area contributed by atoms with Crippen LogP contribution in [0.1, 0.15) is 24.5 Å². The van der Waals surface area contributed by atoms with Gasteiger partial charge in [-0.1, -0.05) is 12.1 Å². The number of carboxylic acid groups (broad SMARTS) is 1. The van der Waals surface area contributed by atoms with Crippen molar-refractivity contribution in [2.45, 2.75) is 19.8 Å². The van der Waals surface area contributed by atoms with Gasteiger partial charge in [0, 0.05) is 30.9 Å². The molecule has 1 aliphatic rings. The van der Waals surface area contributed by atoms with E-state index in [1.165, 1.54) is 17.3 Å². The van der Waals surface area contributed by atoms with Gasteiger partial charge in [-0.05, 0) is 66.3 Å². The molecule has 2 aromatic carbocycles. The average molecular weight is 337 g/mol. The Bertz CT molecular complexity index is 839. The molecular formula is C21H23NO3. The van der Waals surface area contributed by atoms with E-state index < -0.39 is 5.97 Å². The molecule has 0 radical (unpaired) electrons. The zero-order valence-corrected chi connectivity index (χ0v) is 14.9. The zero-order chi connectivity index (χ0) is 18.0. The van der Waals surface area contributed by atoms with Gasteiger partial charge in [0.25, 0.3) is 0 Å². The molecule has 4 nitrogen and oxygen atoms in total. The van der Waals surface area contributed by atoms with Crippen LogP contribution in [0, 0.1) is 0 Å². The fraction of sp³-hybridized carbons (Fsp3) is 0.286. The van der Waals surface area contributed by atoms with Gasteiger partial charge in [-0.15, -0.1) is 0 Å². The summed E-state index contributed by atoms with van der Waals surface area (Å²) in [6.45, 7) is 2.89. The highest BCUT2D eigenvalue weighted by atomic mass is 16.5. The number of hydrogen-bond acceptors (Lipinski definition) is 3. The van der Waals surface area contributed by atoms with E-state index in [0.717, 1.165) is 41.8 Å². The third-order valence-electron chi connectivity index (χ3n) is 4.74. The lowest BCUT2D eigenvalue weighted by Gasteiger charge is -2.28. The molecule has 0 bridgehead atoms. The number of fused-ring (bicyclic) bond motifs is 1. The Hall–Kier alpha value is -2.75. The summed E-state index contributed by atoms with van der Waals surface area (Å²) >= 11 is 0. The van der Waals surface area contributed by atoms with Crippen molar-refractivity contribution in [3.63, 3.8) is 0 Å². The van der Waals surface area contributed by atoms with E-state index in [9.17, 15) is 4.79 Å². The second-order valence-electron chi connectivity index (χ2n) is 6.45. The van der Waals surface area contributed by atoms with Crippen molar-refractivity contribution in [3.8, 4) is 16.9 Å². The highest BCUT2D eigenvalue weighted by molar-refractivity contribution is 5.90. The second kappa shape index (κ2) is 7.01. The number of allylic oxidation sites excluding steroid dienone is 1. The lowest BCUT2D eigenvalue weighted by molar-refractivity contribution is -0.131. The Morgan fingerprint density at radius 3 is 2.76 bits per heavy atom. The minimum Gasteiger partial charge on any atom is -0.496 e. The van der Waals surface area contributed by atoms with Crippen molar-refractivity contribution in [1.29, 1.82) is 0 Å². The third-order valence-corrected chi connectivity index (χ3v) is 4.74. The summed E-state index contributed by atoms with van der Waals surface area (Å²) in [5.74, 6) is -0.150. The number of benzene rings is 2. The predicted molar refractivity (Wildman–Crippen MR) is 101 cm³/mol. The molecule has 0 amide bonds. The number of aliphatic carboxylic acids is 1. The molecule has 0 saturated heterocycles. The van der Waals surface area contributed by atoms with Gasteiger partial charge in [-0.25, -0.2) is 4.79 Å². The highest BCUT2D eigenvalue weighted by Gasteiger charge is 2.16. The first-order valence-electron chi connectivity index (χ1n) is 8.43. The van der Waals surface area contributed by atoms with E-state index in [-0.39, 0.29) is 0 Å². The lowest BCUT2D eigenvalue weighted by Crippen LogP contribution is -2.24. The maximum Gasteiger partial charge on any atom is 0.328 e. The Kier molecular flexibility index (Phi) is 4.79. The van der Waals surface area contributed by atoms with E-state index in [2.05, 4.69) is 30.1 Å². The molecule has 0 atom stereocenters. The summed E-state index contributed by atoms with van der Waals surface area (Å²) in [6, 6.07) is 12.3. The number of ether oxygens (including phenoxy) is 1. The normalized spacial score (nSPS) is 14.2. The second-order valence-corrected chi connectivity index (χ2v) is 6.45. The van der Waals surface area contributed by atoms with Crippen LogP contribution in [0.5, 0.6) is 5.75 Å². The van der Waals surface area contributed by atoms with Gasteiger partial charge in [0.15, 0.2) is 0 Å². The first-order valence-corrected chi connectivity index (χ1v) is 8.43. The number of methoxy groups -OCH3 is 1. The van der Waals surface area contributed by atoms with Gasteiger partial charge in [-0.3, -0.25) is 0 Å². The average Bonchev–Trinajstić information content (AvgIpc) is 2.60. The maximum absolute atomic E-state index is 10.9. The van der Waals surface area contributed by atoms with Crippen molar-refractivity contribution in [1.82, 2.24) is 0 Å². The summed E-state index contributed by atoms with van der Waals surface area (Å²) in [4.78, 5) is 13.2. The summed E-state index contributed by atoms with van der Waals surface area (Å²) in [5.41, 5.74) is 6.30. The summed E-state index contributed by atoms with van der Waals surface area (Å²) < 4.78 is 5.53. The quantitative estimate of drug-likeness (QED) is 0.848. The first kappa shape index (κ1) is 17.1. The molecular weight excluding hydrogens is 314 g/mol. The Labute approximate surface area is 148 Å². The molecule has 4 heteroatoms. The minimum atomic E-state index is -0.938. The lowest BCUT2D eigenvalue weighted by atomic mass is 9.94. The van der Waals surface area contributed by atoms with Crippen LogP contribution in [0.25, 0.3) is 16.7 Å². The number of anilines is 1. The summed E-state index contributed by atoms with van der Waals surface area (Å²) in [5, 5.41) is 8.98. The van der Waals surface area contributed by atoms with Crippen molar-refractivity contribution in [2.75, 3.05) is 25.6 Å². The van der Waals surface area contributed by atoms with Crippen molar-refractivity contribution < 1.29 is 14.6 Å². The molecule has 0 unspecified atom stereocenters. The molecule has 0 aromatic heterocycles. The van der Waals surface area contributed by atoms with Crippen LogP contribution in [-0.2, 0) is 11.2 Å². The van der Waals surface area contributed by atoms with E-state index in [1.807, 2.05) is 25.1 Å². The number of hydrogen-bond donors (Lipinski definition) is 1. The molecule has 25 heavy (non-hydrogen) atoms. The summed E-state index contributed by atoms with van der Waals surface area (Å²) in [7, 11) is 3.78. The fourth-order valence-electron chi connectivity index (χ4n) is 3.40. The van der Waals surface area contributed by atoms with E-state index in [1.54, 1.807) is 7.11 Å². The van der Waals surface area contributed by atoms with E-state index in [0.29, 0.717) is 5.57 Å². The van der Waals surface area contributed by atoms with Gasteiger partial charge in [-0.2, -0.15) is 0 Å². The van der Waals surface area contributed by atoms with Gasteiger partial charge < -0.3 is 14.7 Å². The number of aryl methyl sites for hydroxylation is 1. The number of nitrogens with zero attached hydrogens (tertiary/aromatic N) is 1. The standard InChI is InChI=1S/C21H23NO3/c1-14(11-21(23)24)15-7-9-20(25-3)18(13-15)16-6-8-19-17(12-16)5-4-10-22(19)2/h6-9,11-13H,4-5,10H2,1-3H3,(H,23,24)/b14-11+. The molecule has 0 spiro atoms. The number of carbonyl (C=O) groups is 1. The molecule has 3 rings (SSSR count). The van der Waals surface area contributed by atoms with Crippen LogP contribution in [0.3, 0.4) is 0 Å². The van der Waals surface area contributed by atoms with Crippen LogP contribution in [0.2, 0.25) is 0 Å². The van der Waals surface area contributed by atoms with E-state index in [4.69, 9.17) is 9.84 Å². The SMILES string of the molecule is COc1ccc(/C(C)=C/C(=O)O)cc1-c1ccc2c(c1)CCCN2C. The molecule has 1 aliphatic heterocycles. The third kappa shape index (κ3) is 3.53.